The minimum absolute atomic E-state index is 0.0412. The number of urea groups is 1. The number of ether oxygens (including phenoxy) is 2. The number of rotatable bonds is 16. The van der Waals surface area contributed by atoms with Crippen molar-refractivity contribution in [2.45, 2.75) is 116 Å². The molecule has 3 amide bonds. The van der Waals surface area contributed by atoms with Gasteiger partial charge in [0, 0.05) is 19.4 Å². The van der Waals surface area contributed by atoms with Crippen LogP contribution in [0.25, 0.3) is 0 Å². The smallest absolute Gasteiger partial charge is 0.315 e. The number of Topliss-reactive ketones (excluding diaryl/α,β-unsaturated/α-hetero) is 1. The summed E-state index contributed by atoms with van der Waals surface area (Å²) in [5.41, 5.74) is -0.665. The lowest BCUT2D eigenvalue weighted by Gasteiger charge is -2.29. The number of hydrogen-bond donors (Lipinski definition) is 3. The normalized spacial score (nSPS) is 22.6. The minimum Gasteiger partial charge on any atom is -0.375 e. The summed E-state index contributed by atoms with van der Waals surface area (Å²) in [4.78, 5) is 34.7. The highest BCUT2D eigenvalue weighted by molar-refractivity contribution is 5.77. The molecule has 1 heterocycles. The molecular formula is C25H45N3O5. The van der Waals surface area contributed by atoms with Crippen LogP contribution in [0.3, 0.4) is 0 Å². The van der Waals surface area contributed by atoms with Crippen LogP contribution in [0, 0.1) is 5.92 Å². The second kappa shape index (κ2) is 12.7. The van der Waals surface area contributed by atoms with Crippen molar-refractivity contribution in [1.82, 2.24) is 16.0 Å². The van der Waals surface area contributed by atoms with Crippen LogP contribution in [0.4, 0.5) is 4.79 Å². The average molecular weight is 468 g/mol. The van der Waals surface area contributed by atoms with Crippen LogP contribution in [-0.2, 0) is 19.1 Å². The van der Waals surface area contributed by atoms with Gasteiger partial charge in [0.05, 0.1) is 36.5 Å². The second-order valence-electron chi connectivity index (χ2n) is 10.9. The van der Waals surface area contributed by atoms with Crippen molar-refractivity contribution in [1.29, 1.82) is 0 Å². The zero-order valence-electron chi connectivity index (χ0n) is 21.3. The van der Waals surface area contributed by atoms with Gasteiger partial charge in [-0.2, -0.15) is 0 Å². The fourth-order valence-electron chi connectivity index (χ4n) is 4.64. The second-order valence-corrected chi connectivity index (χ2v) is 10.9. The van der Waals surface area contributed by atoms with Gasteiger partial charge in [-0.25, -0.2) is 4.79 Å². The van der Waals surface area contributed by atoms with Gasteiger partial charge in [0.2, 0.25) is 5.91 Å². The molecule has 1 aliphatic carbocycles. The predicted octanol–water partition coefficient (Wildman–Crippen LogP) is 3.47. The monoisotopic (exact) mass is 467 g/mol. The first-order valence-electron chi connectivity index (χ1n) is 12.6. The van der Waals surface area contributed by atoms with Gasteiger partial charge in [-0.3, -0.25) is 4.79 Å². The van der Waals surface area contributed by atoms with E-state index < -0.39 is 0 Å². The molecule has 8 nitrogen and oxygen atoms in total. The first-order valence-corrected chi connectivity index (χ1v) is 12.6. The largest absolute Gasteiger partial charge is 0.375 e. The third-order valence-corrected chi connectivity index (χ3v) is 6.83. The van der Waals surface area contributed by atoms with Crippen LogP contribution in [0.1, 0.15) is 92.4 Å². The summed E-state index contributed by atoms with van der Waals surface area (Å²) in [6.07, 6.45) is 7.63. The first-order chi connectivity index (χ1) is 15.5. The molecule has 0 aromatic rings. The third-order valence-electron chi connectivity index (χ3n) is 6.83. The Hall–Kier alpha value is -1.67. The highest BCUT2D eigenvalue weighted by atomic mass is 16.5. The lowest BCUT2D eigenvalue weighted by atomic mass is 9.96. The molecule has 3 atom stereocenters. The number of nitrogens with one attached hydrogen (secondary N) is 3. The van der Waals surface area contributed by atoms with Gasteiger partial charge >= 0.3 is 6.03 Å². The van der Waals surface area contributed by atoms with E-state index in [0.717, 1.165) is 38.5 Å². The van der Waals surface area contributed by atoms with Crippen molar-refractivity contribution in [2.75, 3.05) is 19.8 Å². The molecule has 0 aromatic heterocycles. The van der Waals surface area contributed by atoms with E-state index in [1.54, 1.807) is 6.92 Å². The topological polar surface area (TPSA) is 106 Å². The summed E-state index contributed by atoms with van der Waals surface area (Å²) >= 11 is 0. The van der Waals surface area contributed by atoms with E-state index in [-0.39, 0.29) is 35.0 Å². The molecule has 1 aliphatic heterocycles. The van der Waals surface area contributed by atoms with Gasteiger partial charge in [-0.1, -0.05) is 6.42 Å². The highest BCUT2D eigenvalue weighted by Gasteiger charge is 2.41. The van der Waals surface area contributed by atoms with Gasteiger partial charge in [-0.15, -0.1) is 0 Å². The molecule has 190 valence electrons. The number of hydrogen-bond acceptors (Lipinski definition) is 5. The van der Waals surface area contributed by atoms with Crippen molar-refractivity contribution < 1.29 is 23.9 Å². The van der Waals surface area contributed by atoms with E-state index in [2.05, 4.69) is 16.0 Å². The third kappa shape index (κ3) is 10.4. The van der Waals surface area contributed by atoms with Gasteiger partial charge in [-0.05, 0) is 79.1 Å². The molecule has 0 radical (unpaired) electrons. The molecule has 2 fully saturated rings. The molecule has 1 saturated heterocycles. The fraction of sp³-hybridized carbons (Fsp3) is 0.880. The van der Waals surface area contributed by atoms with Crippen LogP contribution in [0.5, 0.6) is 0 Å². The Bertz CT molecular complexity index is 664. The number of fused-ring (bicyclic) bond motifs is 1. The Labute approximate surface area is 199 Å². The van der Waals surface area contributed by atoms with E-state index in [4.69, 9.17) is 9.47 Å². The highest BCUT2D eigenvalue weighted by Crippen LogP contribution is 2.32. The predicted molar refractivity (Wildman–Crippen MR) is 128 cm³/mol. The maximum absolute atomic E-state index is 12.1. The SMILES string of the molecule is CC(=O)CCC(C)(C)OCCC(C)(C)OCCNC(=O)CCCC[C@@H]1CC[C@@H]2NC(=O)N[C@H]12. The van der Waals surface area contributed by atoms with Crippen LogP contribution in [0.2, 0.25) is 0 Å². The lowest BCUT2D eigenvalue weighted by molar-refractivity contribution is -0.122. The zero-order chi connectivity index (χ0) is 24.5. The first kappa shape index (κ1) is 27.6. The van der Waals surface area contributed by atoms with Crippen molar-refractivity contribution in [3.8, 4) is 0 Å². The fourth-order valence-corrected chi connectivity index (χ4v) is 4.64. The molecule has 2 rings (SSSR count). The van der Waals surface area contributed by atoms with Crippen LogP contribution in [0.15, 0.2) is 0 Å². The number of amides is 3. The van der Waals surface area contributed by atoms with Gasteiger partial charge in [0.25, 0.3) is 0 Å². The van der Waals surface area contributed by atoms with Crippen LogP contribution < -0.4 is 16.0 Å². The lowest BCUT2D eigenvalue weighted by Crippen LogP contribution is -2.34. The maximum Gasteiger partial charge on any atom is 0.315 e. The zero-order valence-corrected chi connectivity index (χ0v) is 21.3. The molecule has 0 aromatic carbocycles. The molecule has 33 heavy (non-hydrogen) atoms. The quantitative estimate of drug-likeness (QED) is 0.301. The Morgan fingerprint density at radius 1 is 0.970 bits per heavy atom. The van der Waals surface area contributed by atoms with Crippen molar-refractivity contribution >= 4 is 17.7 Å². The molecule has 8 heteroatoms. The van der Waals surface area contributed by atoms with E-state index in [1.807, 2.05) is 27.7 Å². The number of carbonyl (C=O) groups excluding carboxylic acids is 3. The number of unbranched alkanes of at least 4 members (excludes halogenated alkanes) is 1. The average Bonchev–Trinajstić information content (AvgIpc) is 3.26. The van der Waals surface area contributed by atoms with E-state index in [0.29, 0.717) is 51.0 Å². The molecule has 0 unspecified atom stereocenters. The summed E-state index contributed by atoms with van der Waals surface area (Å²) < 4.78 is 11.9. The van der Waals surface area contributed by atoms with Crippen LogP contribution >= 0.6 is 0 Å². The van der Waals surface area contributed by atoms with E-state index in [9.17, 15) is 14.4 Å². The summed E-state index contributed by atoms with van der Waals surface area (Å²) in [6, 6.07) is 0.518. The minimum atomic E-state index is -0.342. The Kier molecular flexibility index (Phi) is 10.6. The molecule has 2 aliphatic rings. The number of ketones is 1. The Morgan fingerprint density at radius 2 is 1.67 bits per heavy atom. The summed E-state index contributed by atoms with van der Waals surface area (Å²) in [6.45, 7) is 11.2. The summed E-state index contributed by atoms with van der Waals surface area (Å²) in [7, 11) is 0. The standard InChI is InChI=1S/C25H45N3O5/c1-18(29)12-13-24(2,3)32-16-14-25(4,5)33-17-15-26-21(30)9-7-6-8-19-10-11-20-22(19)28-23(31)27-20/h19-20,22H,6-17H2,1-5H3,(H,26,30)(H2,27,28,31)/t19-,20+,22-/m1/s1. The van der Waals surface area contributed by atoms with Crippen molar-refractivity contribution in [3.63, 3.8) is 0 Å². The molecule has 3 N–H and O–H groups in total. The maximum atomic E-state index is 12.1. The number of carbonyl (C=O) groups is 3. The Morgan fingerprint density at radius 3 is 2.39 bits per heavy atom. The van der Waals surface area contributed by atoms with Gasteiger partial charge < -0.3 is 30.2 Å². The Balaban J connectivity index is 1.49. The van der Waals surface area contributed by atoms with E-state index in [1.165, 1.54) is 0 Å². The molecule has 1 saturated carbocycles. The summed E-state index contributed by atoms with van der Waals surface area (Å²) in [5, 5.41) is 8.94. The van der Waals surface area contributed by atoms with Crippen molar-refractivity contribution in [2.24, 2.45) is 5.92 Å². The van der Waals surface area contributed by atoms with E-state index >= 15 is 0 Å². The molecule has 0 spiro atoms. The summed E-state index contributed by atoms with van der Waals surface area (Å²) in [5.74, 6) is 0.768. The van der Waals surface area contributed by atoms with Crippen molar-refractivity contribution in [3.05, 3.63) is 0 Å². The molecular weight excluding hydrogens is 422 g/mol. The van der Waals surface area contributed by atoms with Crippen LogP contribution in [-0.4, -0.2) is 60.8 Å². The van der Waals surface area contributed by atoms with Gasteiger partial charge in [0.15, 0.2) is 0 Å². The molecule has 0 bridgehead atoms. The van der Waals surface area contributed by atoms with Gasteiger partial charge in [0.1, 0.15) is 5.78 Å².